The highest BCUT2D eigenvalue weighted by atomic mass is 16.1. The van der Waals surface area contributed by atoms with Crippen LogP contribution in [0.15, 0.2) is 97.1 Å². The Morgan fingerprint density at radius 1 is 0.640 bits per heavy atom. The molecule has 0 radical (unpaired) electrons. The number of allylic oxidation sites excluding steroid dienone is 1. The third-order valence-electron chi connectivity index (χ3n) is 4.30. The van der Waals surface area contributed by atoms with E-state index in [1.807, 2.05) is 80.6 Å². The molecule has 0 saturated carbocycles. The fourth-order valence-corrected chi connectivity index (χ4v) is 2.96. The van der Waals surface area contributed by atoms with Crippen LogP contribution < -0.4 is 0 Å². The number of carbonyl (C=O) groups is 1. The van der Waals surface area contributed by atoms with Gasteiger partial charge in [-0.3, -0.25) is 4.79 Å². The maximum atomic E-state index is 13.0. The lowest BCUT2D eigenvalue weighted by molar-refractivity contribution is 0.0886. The van der Waals surface area contributed by atoms with E-state index in [0.29, 0.717) is 0 Å². The number of carbonyl (C=O) groups excluding carboxylic acids is 1. The number of benzene rings is 3. The van der Waals surface area contributed by atoms with Gasteiger partial charge in [-0.1, -0.05) is 97.1 Å². The molecule has 0 aliphatic heterocycles. The Morgan fingerprint density at radius 3 is 1.40 bits per heavy atom. The van der Waals surface area contributed by atoms with E-state index in [1.165, 1.54) is 0 Å². The Hall–Kier alpha value is -2.93. The summed E-state index contributed by atoms with van der Waals surface area (Å²) in [4.78, 5) is 13.0. The van der Waals surface area contributed by atoms with Crippen molar-refractivity contribution in [2.24, 2.45) is 5.41 Å². The van der Waals surface area contributed by atoms with Crippen molar-refractivity contribution in [1.82, 2.24) is 0 Å². The first-order chi connectivity index (χ1) is 12.1. The highest BCUT2D eigenvalue weighted by molar-refractivity contribution is 6.02. The van der Waals surface area contributed by atoms with Gasteiger partial charge in [-0.15, -0.1) is 0 Å². The van der Waals surface area contributed by atoms with Gasteiger partial charge in [0.05, 0.1) is 0 Å². The molecule has 3 aromatic rings. The Labute approximate surface area is 149 Å². The highest BCUT2D eigenvalue weighted by Gasteiger charge is 2.27. The van der Waals surface area contributed by atoms with Gasteiger partial charge in [-0.25, -0.2) is 0 Å². The molecule has 3 aromatic carbocycles. The second kappa shape index (κ2) is 7.31. The van der Waals surface area contributed by atoms with Crippen LogP contribution in [0.1, 0.15) is 35.3 Å². The predicted octanol–water partition coefficient (Wildman–Crippen LogP) is 6.03. The molecule has 0 aromatic heterocycles. The Morgan fingerprint density at radius 2 is 1.00 bits per heavy atom. The summed E-state index contributed by atoms with van der Waals surface area (Å²) < 4.78 is 0. The zero-order chi connectivity index (χ0) is 17.7. The molecule has 0 bridgehead atoms. The summed E-state index contributed by atoms with van der Waals surface area (Å²) >= 11 is 0. The molecule has 25 heavy (non-hydrogen) atoms. The van der Waals surface area contributed by atoms with E-state index < -0.39 is 5.41 Å². The van der Waals surface area contributed by atoms with Gasteiger partial charge >= 0.3 is 0 Å². The largest absolute Gasteiger partial charge is 0.293 e. The molecule has 124 valence electrons. The minimum Gasteiger partial charge on any atom is -0.293 e. The molecule has 0 fully saturated rings. The molecule has 0 heterocycles. The van der Waals surface area contributed by atoms with Crippen LogP contribution in [-0.4, -0.2) is 5.78 Å². The van der Waals surface area contributed by atoms with Crippen molar-refractivity contribution >= 4 is 11.4 Å². The molecule has 0 N–H and O–H groups in total. The van der Waals surface area contributed by atoms with Crippen LogP contribution in [0.4, 0.5) is 0 Å². The molecule has 0 aliphatic carbocycles. The minimum atomic E-state index is -0.609. The molecule has 0 atom stereocenters. The van der Waals surface area contributed by atoms with Gasteiger partial charge in [0.2, 0.25) is 0 Å². The predicted molar refractivity (Wildman–Crippen MR) is 105 cm³/mol. The average Bonchev–Trinajstić information content (AvgIpc) is 2.67. The third-order valence-corrected chi connectivity index (χ3v) is 4.30. The summed E-state index contributed by atoms with van der Waals surface area (Å²) in [5, 5.41) is 0. The molecular weight excluding hydrogens is 304 g/mol. The minimum absolute atomic E-state index is 0.123. The molecule has 1 nitrogen and oxygen atoms in total. The van der Waals surface area contributed by atoms with Crippen LogP contribution in [0, 0.1) is 5.41 Å². The van der Waals surface area contributed by atoms with Crippen molar-refractivity contribution in [3.05, 3.63) is 114 Å². The number of rotatable bonds is 5. The molecule has 0 spiro atoms. The van der Waals surface area contributed by atoms with Gasteiger partial charge in [0.25, 0.3) is 0 Å². The van der Waals surface area contributed by atoms with Crippen LogP contribution in [0.5, 0.6) is 0 Å². The van der Waals surface area contributed by atoms with Crippen molar-refractivity contribution in [2.45, 2.75) is 13.8 Å². The summed E-state index contributed by atoms with van der Waals surface area (Å²) in [7, 11) is 0. The zero-order valence-corrected chi connectivity index (χ0v) is 14.6. The highest BCUT2D eigenvalue weighted by Crippen LogP contribution is 2.32. The molecule has 0 saturated heterocycles. The quantitative estimate of drug-likeness (QED) is 0.523. The van der Waals surface area contributed by atoms with Crippen molar-refractivity contribution in [3.63, 3.8) is 0 Å². The van der Waals surface area contributed by atoms with E-state index in [1.54, 1.807) is 0 Å². The first kappa shape index (κ1) is 16.9. The SMILES string of the molecule is CC(C)(C=C(c1ccccc1)c1ccccc1)C(=O)c1ccccc1. The number of Topliss-reactive ketones (excluding diaryl/α,β-unsaturated/α-hetero) is 1. The standard InChI is InChI=1S/C24H22O/c1-24(2,23(25)21-16-10-5-11-17-21)18-22(19-12-6-3-7-13-19)20-14-8-4-9-15-20/h3-18H,1-2H3. The van der Waals surface area contributed by atoms with Crippen molar-refractivity contribution in [1.29, 1.82) is 0 Å². The number of hydrogen-bond donors (Lipinski definition) is 0. The maximum Gasteiger partial charge on any atom is 0.172 e. The first-order valence-corrected chi connectivity index (χ1v) is 8.51. The lowest BCUT2D eigenvalue weighted by Gasteiger charge is -2.22. The number of hydrogen-bond acceptors (Lipinski definition) is 1. The third kappa shape index (κ3) is 3.95. The maximum absolute atomic E-state index is 13.0. The van der Waals surface area contributed by atoms with Crippen LogP contribution in [0.2, 0.25) is 0 Å². The van der Waals surface area contributed by atoms with Crippen molar-refractivity contribution in [3.8, 4) is 0 Å². The molecular formula is C24H22O. The smallest absolute Gasteiger partial charge is 0.172 e. The molecule has 0 amide bonds. The van der Waals surface area contributed by atoms with Gasteiger partial charge in [0.1, 0.15) is 0 Å². The van der Waals surface area contributed by atoms with Crippen LogP contribution in [0.3, 0.4) is 0 Å². The summed E-state index contributed by atoms with van der Waals surface area (Å²) in [6.45, 7) is 3.96. The van der Waals surface area contributed by atoms with Gasteiger partial charge in [-0.2, -0.15) is 0 Å². The van der Waals surface area contributed by atoms with E-state index >= 15 is 0 Å². The molecule has 0 aliphatic rings. The van der Waals surface area contributed by atoms with Crippen molar-refractivity contribution < 1.29 is 4.79 Å². The summed E-state index contributed by atoms with van der Waals surface area (Å²) in [5.74, 6) is 0.123. The van der Waals surface area contributed by atoms with Gasteiger partial charge < -0.3 is 0 Å². The normalized spacial score (nSPS) is 11.0. The summed E-state index contributed by atoms with van der Waals surface area (Å²) in [5.41, 5.74) is 3.44. The molecule has 1 heteroatoms. The monoisotopic (exact) mass is 326 g/mol. The van der Waals surface area contributed by atoms with E-state index in [9.17, 15) is 4.79 Å². The van der Waals surface area contributed by atoms with E-state index in [0.717, 1.165) is 22.3 Å². The van der Waals surface area contributed by atoms with Crippen molar-refractivity contribution in [2.75, 3.05) is 0 Å². The van der Waals surface area contributed by atoms with Gasteiger partial charge in [0, 0.05) is 11.0 Å². The van der Waals surface area contributed by atoms with Crippen LogP contribution in [0.25, 0.3) is 5.57 Å². The lowest BCUT2D eigenvalue weighted by atomic mass is 9.80. The summed E-state index contributed by atoms with van der Waals surface area (Å²) in [6.07, 6.45) is 2.09. The Balaban J connectivity index is 2.08. The van der Waals surface area contributed by atoms with Crippen LogP contribution in [-0.2, 0) is 0 Å². The molecule has 0 unspecified atom stereocenters. The first-order valence-electron chi connectivity index (χ1n) is 8.51. The van der Waals surface area contributed by atoms with E-state index in [-0.39, 0.29) is 5.78 Å². The molecule has 3 rings (SSSR count). The number of ketones is 1. The second-order valence-corrected chi connectivity index (χ2v) is 6.71. The average molecular weight is 326 g/mol. The fraction of sp³-hybridized carbons (Fsp3) is 0.125. The van der Waals surface area contributed by atoms with E-state index in [4.69, 9.17) is 0 Å². The van der Waals surface area contributed by atoms with Gasteiger partial charge in [0.15, 0.2) is 5.78 Å². The topological polar surface area (TPSA) is 17.1 Å². The fourth-order valence-electron chi connectivity index (χ4n) is 2.96. The summed E-state index contributed by atoms with van der Waals surface area (Å²) in [6, 6.07) is 30.0. The van der Waals surface area contributed by atoms with Gasteiger partial charge in [-0.05, 0) is 30.5 Å². The lowest BCUT2D eigenvalue weighted by Crippen LogP contribution is -2.22. The Kier molecular flexibility index (Phi) is 4.95. The Bertz CT molecular complexity index is 818. The van der Waals surface area contributed by atoms with E-state index in [2.05, 4.69) is 30.3 Å². The second-order valence-electron chi connectivity index (χ2n) is 6.71. The van der Waals surface area contributed by atoms with Crippen LogP contribution >= 0.6 is 0 Å². The zero-order valence-electron chi connectivity index (χ0n) is 14.6.